The number of ether oxygens (including phenoxy) is 2. The zero-order valence-electron chi connectivity index (χ0n) is 13.7. The van der Waals surface area contributed by atoms with Crippen molar-refractivity contribution in [2.24, 2.45) is 0 Å². The Bertz CT molecular complexity index is 836. The zero-order chi connectivity index (χ0) is 16.5. The van der Waals surface area contributed by atoms with Gasteiger partial charge in [-0.15, -0.1) is 0 Å². The van der Waals surface area contributed by atoms with Crippen molar-refractivity contribution < 1.29 is 9.47 Å². The lowest BCUT2D eigenvalue weighted by atomic mass is 10.2. The van der Waals surface area contributed by atoms with Crippen LogP contribution in [0.4, 0.5) is 11.6 Å². The first-order valence-electron chi connectivity index (χ1n) is 8.05. The topological polar surface area (TPSA) is 89.4 Å². The second-order valence-corrected chi connectivity index (χ2v) is 5.89. The molecule has 24 heavy (non-hydrogen) atoms. The summed E-state index contributed by atoms with van der Waals surface area (Å²) in [5.74, 6) is 1.41. The predicted octanol–water partition coefficient (Wildman–Crippen LogP) is 2.75. The SMILES string of the molecule is CO[C@H](C)c1cc2c(Nc3cc([C@H]4CCCO4)[nH]n3)nccn2n1. The van der Waals surface area contributed by atoms with E-state index in [2.05, 4.69) is 25.6 Å². The Kier molecular flexibility index (Phi) is 3.91. The Morgan fingerprint density at radius 3 is 3.17 bits per heavy atom. The van der Waals surface area contributed by atoms with Crippen LogP contribution in [-0.2, 0) is 9.47 Å². The first kappa shape index (κ1) is 15.1. The highest BCUT2D eigenvalue weighted by Crippen LogP contribution is 2.29. The third-order valence-electron chi connectivity index (χ3n) is 4.30. The van der Waals surface area contributed by atoms with E-state index in [-0.39, 0.29) is 12.2 Å². The highest BCUT2D eigenvalue weighted by molar-refractivity contribution is 5.72. The molecule has 0 amide bonds. The monoisotopic (exact) mass is 328 g/mol. The number of rotatable bonds is 5. The molecular formula is C16H20N6O2. The van der Waals surface area contributed by atoms with Gasteiger partial charge in [-0.2, -0.15) is 10.2 Å². The van der Waals surface area contributed by atoms with E-state index in [9.17, 15) is 0 Å². The van der Waals surface area contributed by atoms with Gasteiger partial charge in [0.15, 0.2) is 11.6 Å². The molecule has 0 saturated carbocycles. The van der Waals surface area contributed by atoms with Crippen molar-refractivity contribution in [3.63, 3.8) is 0 Å². The molecule has 8 nitrogen and oxygen atoms in total. The van der Waals surface area contributed by atoms with Crippen LogP contribution >= 0.6 is 0 Å². The van der Waals surface area contributed by atoms with Gasteiger partial charge in [0.05, 0.1) is 23.6 Å². The van der Waals surface area contributed by atoms with E-state index < -0.39 is 0 Å². The fourth-order valence-electron chi connectivity index (χ4n) is 2.87. The van der Waals surface area contributed by atoms with E-state index in [1.54, 1.807) is 17.8 Å². The number of fused-ring (bicyclic) bond motifs is 1. The summed E-state index contributed by atoms with van der Waals surface area (Å²) >= 11 is 0. The molecule has 2 atom stereocenters. The number of aromatic nitrogens is 5. The highest BCUT2D eigenvalue weighted by atomic mass is 16.5. The molecule has 4 heterocycles. The fraction of sp³-hybridized carbons (Fsp3) is 0.438. The van der Waals surface area contributed by atoms with Gasteiger partial charge in [0.25, 0.3) is 0 Å². The van der Waals surface area contributed by atoms with Crippen LogP contribution in [0.3, 0.4) is 0 Å². The summed E-state index contributed by atoms with van der Waals surface area (Å²) in [5, 5.41) is 15.1. The Morgan fingerprint density at radius 1 is 1.46 bits per heavy atom. The van der Waals surface area contributed by atoms with Gasteiger partial charge in [-0.3, -0.25) is 5.10 Å². The molecule has 8 heteroatoms. The predicted molar refractivity (Wildman–Crippen MR) is 88.2 cm³/mol. The average Bonchev–Trinajstić information content (AvgIpc) is 3.33. The van der Waals surface area contributed by atoms with E-state index in [4.69, 9.17) is 9.47 Å². The number of H-pyrrole nitrogens is 1. The minimum absolute atomic E-state index is 0.0748. The molecule has 0 unspecified atom stereocenters. The number of nitrogens with zero attached hydrogens (tertiary/aromatic N) is 4. The molecule has 126 valence electrons. The normalized spacial score (nSPS) is 19.0. The van der Waals surface area contributed by atoms with Gasteiger partial charge in [-0.05, 0) is 25.8 Å². The molecule has 3 aromatic rings. The molecule has 0 radical (unpaired) electrons. The van der Waals surface area contributed by atoms with Crippen LogP contribution in [0.5, 0.6) is 0 Å². The van der Waals surface area contributed by atoms with Crippen LogP contribution in [0.15, 0.2) is 24.5 Å². The van der Waals surface area contributed by atoms with Crippen LogP contribution in [0.1, 0.15) is 43.4 Å². The van der Waals surface area contributed by atoms with Gasteiger partial charge in [-0.1, -0.05) is 0 Å². The van der Waals surface area contributed by atoms with Crippen molar-refractivity contribution in [1.29, 1.82) is 0 Å². The molecule has 0 aliphatic carbocycles. The van der Waals surface area contributed by atoms with E-state index in [0.717, 1.165) is 36.4 Å². The highest BCUT2D eigenvalue weighted by Gasteiger charge is 2.20. The maximum absolute atomic E-state index is 5.67. The summed E-state index contributed by atoms with van der Waals surface area (Å²) in [6.07, 6.45) is 5.67. The van der Waals surface area contributed by atoms with Crippen molar-refractivity contribution in [2.75, 3.05) is 19.0 Å². The van der Waals surface area contributed by atoms with Crippen LogP contribution in [0.2, 0.25) is 0 Å². The minimum Gasteiger partial charge on any atom is -0.375 e. The summed E-state index contributed by atoms with van der Waals surface area (Å²) in [5.41, 5.74) is 2.72. The summed E-state index contributed by atoms with van der Waals surface area (Å²) in [6.45, 7) is 2.77. The standard InChI is InChI=1S/C16H20N6O2/c1-10(23-2)11-8-13-16(17-5-6-22(13)21-11)18-15-9-12(19-20-15)14-4-3-7-24-14/h5-6,8-10,14H,3-4,7H2,1-2H3,(H2,17,18,19,20)/t10-,14-/m1/s1. The second kappa shape index (κ2) is 6.21. The van der Waals surface area contributed by atoms with Crippen molar-refractivity contribution >= 4 is 17.2 Å². The van der Waals surface area contributed by atoms with Gasteiger partial charge in [0.1, 0.15) is 5.52 Å². The van der Waals surface area contributed by atoms with E-state index in [1.165, 1.54) is 0 Å². The second-order valence-electron chi connectivity index (χ2n) is 5.89. The van der Waals surface area contributed by atoms with Gasteiger partial charge in [0.2, 0.25) is 0 Å². The van der Waals surface area contributed by atoms with Crippen molar-refractivity contribution in [3.05, 3.63) is 35.9 Å². The maximum atomic E-state index is 5.67. The van der Waals surface area contributed by atoms with Crippen molar-refractivity contribution in [2.45, 2.75) is 32.0 Å². The number of hydrogen-bond acceptors (Lipinski definition) is 6. The number of hydrogen-bond donors (Lipinski definition) is 2. The average molecular weight is 328 g/mol. The summed E-state index contributed by atoms with van der Waals surface area (Å²) in [6, 6.07) is 3.94. The van der Waals surface area contributed by atoms with Gasteiger partial charge in [-0.25, -0.2) is 9.50 Å². The molecule has 0 spiro atoms. The number of anilines is 2. The molecular weight excluding hydrogens is 308 g/mol. The first-order valence-corrected chi connectivity index (χ1v) is 8.05. The van der Waals surface area contributed by atoms with Crippen molar-refractivity contribution in [1.82, 2.24) is 24.8 Å². The van der Waals surface area contributed by atoms with E-state index in [0.29, 0.717) is 11.6 Å². The molecule has 4 rings (SSSR count). The Balaban J connectivity index is 1.61. The molecule has 1 aliphatic rings. The molecule has 2 N–H and O–H groups in total. The lowest BCUT2D eigenvalue weighted by Gasteiger charge is -2.05. The van der Waals surface area contributed by atoms with Gasteiger partial charge < -0.3 is 14.8 Å². The molecule has 0 bridgehead atoms. The Labute approximate surface area is 139 Å². The lowest BCUT2D eigenvalue weighted by Crippen LogP contribution is -1.98. The third kappa shape index (κ3) is 2.74. The van der Waals surface area contributed by atoms with Crippen LogP contribution in [0.25, 0.3) is 5.52 Å². The minimum atomic E-state index is -0.0748. The lowest BCUT2D eigenvalue weighted by molar-refractivity contribution is 0.108. The number of aromatic amines is 1. The van der Waals surface area contributed by atoms with Gasteiger partial charge in [0, 0.05) is 32.2 Å². The van der Waals surface area contributed by atoms with E-state index >= 15 is 0 Å². The van der Waals surface area contributed by atoms with Crippen molar-refractivity contribution in [3.8, 4) is 0 Å². The van der Waals surface area contributed by atoms with Crippen LogP contribution < -0.4 is 5.32 Å². The molecule has 3 aromatic heterocycles. The molecule has 1 fully saturated rings. The molecule has 0 aromatic carbocycles. The van der Waals surface area contributed by atoms with Crippen LogP contribution in [0, 0.1) is 0 Å². The molecule has 1 saturated heterocycles. The smallest absolute Gasteiger partial charge is 0.157 e. The van der Waals surface area contributed by atoms with Crippen LogP contribution in [-0.4, -0.2) is 38.5 Å². The quantitative estimate of drug-likeness (QED) is 0.748. The molecule has 1 aliphatic heterocycles. The number of methoxy groups -OCH3 is 1. The first-order chi connectivity index (χ1) is 11.7. The third-order valence-corrected chi connectivity index (χ3v) is 4.30. The summed E-state index contributed by atoms with van der Waals surface area (Å²) in [4.78, 5) is 4.41. The van der Waals surface area contributed by atoms with Gasteiger partial charge >= 0.3 is 0 Å². The largest absolute Gasteiger partial charge is 0.375 e. The summed E-state index contributed by atoms with van der Waals surface area (Å²) < 4.78 is 12.8. The number of nitrogens with one attached hydrogen (secondary N) is 2. The Hall–Kier alpha value is -2.45. The summed E-state index contributed by atoms with van der Waals surface area (Å²) in [7, 11) is 1.67. The maximum Gasteiger partial charge on any atom is 0.157 e. The van der Waals surface area contributed by atoms with E-state index in [1.807, 2.05) is 25.3 Å². The zero-order valence-corrected chi connectivity index (χ0v) is 13.7. The fourth-order valence-corrected chi connectivity index (χ4v) is 2.87. The Morgan fingerprint density at radius 2 is 2.38 bits per heavy atom.